The number of nitriles is 1. The quantitative estimate of drug-likeness (QED) is 0.803. The fraction of sp³-hybridized carbons (Fsp3) is 0.0526. The number of aromatic nitrogens is 1. The highest BCUT2D eigenvalue weighted by Gasteiger charge is 2.19. The van der Waals surface area contributed by atoms with Crippen molar-refractivity contribution in [1.29, 1.82) is 5.26 Å². The summed E-state index contributed by atoms with van der Waals surface area (Å²) in [6, 6.07) is 15.6. The fourth-order valence-corrected chi connectivity index (χ4v) is 2.81. The minimum absolute atomic E-state index is 0.269. The molecule has 3 rings (SSSR count). The third-order valence-corrected chi connectivity index (χ3v) is 3.89. The number of halogens is 1. The Balaban J connectivity index is 2.12. The SMILES string of the molecule is Cn1cc(C#N)c(-c2ccc(-c3ccccc3F)cc2)c1C(N)=O. The van der Waals surface area contributed by atoms with Crippen LogP contribution in [0.2, 0.25) is 0 Å². The van der Waals surface area contributed by atoms with Crippen LogP contribution in [0.4, 0.5) is 4.39 Å². The van der Waals surface area contributed by atoms with Crippen molar-refractivity contribution < 1.29 is 9.18 Å². The standard InChI is InChI=1S/C19H14FN3O/c1-23-11-14(10-21)17(18(23)19(22)24)13-8-6-12(7-9-13)15-4-2-3-5-16(15)20/h2-9,11H,1H3,(H2,22,24). The highest BCUT2D eigenvalue weighted by molar-refractivity contribution is 6.00. The molecule has 2 aromatic carbocycles. The Morgan fingerprint density at radius 1 is 1.12 bits per heavy atom. The Morgan fingerprint density at radius 3 is 2.33 bits per heavy atom. The van der Waals surface area contributed by atoms with Gasteiger partial charge in [0.2, 0.25) is 0 Å². The minimum atomic E-state index is -0.604. The first-order chi connectivity index (χ1) is 11.5. The molecule has 0 aliphatic carbocycles. The molecule has 1 amide bonds. The minimum Gasteiger partial charge on any atom is -0.364 e. The van der Waals surface area contributed by atoms with Gasteiger partial charge in [-0.3, -0.25) is 4.79 Å². The molecule has 1 aromatic heterocycles. The normalized spacial score (nSPS) is 10.4. The maximum atomic E-state index is 13.9. The molecule has 118 valence electrons. The van der Waals surface area contributed by atoms with Gasteiger partial charge in [0.15, 0.2) is 0 Å². The van der Waals surface area contributed by atoms with E-state index < -0.39 is 5.91 Å². The predicted octanol–water partition coefficient (Wildman–Crippen LogP) is 3.47. The summed E-state index contributed by atoms with van der Waals surface area (Å²) in [5.74, 6) is -0.910. The van der Waals surface area contributed by atoms with E-state index in [0.29, 0.717) is 27.8 Å². The zero-order chi connectivity index (χ0) is 17.3. The van der Waals surface area contributed by atoms with Gasteiger partial charge in [-0.25, -0.2) is 4.39 Å². The van der Waals surface area contributed by atoms with Crippen LogP contribution in [-0.2, 0) is 7.05 Å². The van der Waals surface area contributed by atoms with Crippen molar-refractivity contribution in [3.05, 3.63) is 71.8 Å². The van der Waals surface area contributed by atoms with Crippen molar-refractivity contribution in [2.24, 2.45) is 12.8 Å². The van der Waals surface area contributed by atoms with Crippen LogP contribution >= 0.6 is 0 Å². The number of primary amides is 1. The number of nitrogens with two attached hydrogens (primary N) is 1. The second-order valence-electron chi connectivity index (χ2n) is 5.41. The molecule has 0 radical (unpaired) electrons. The predicted molar refractivity (Wildman–Crippen MR) is 89.5 cm³/mol. The number of rotatable bonds is 3. The lowest BCUT2D eigenvalue weighted by atomic mass is 9.98. The second-order valence-corrected chi connectivity index (χ2v) is 5.41. The van der Waals surface area contributed by atoms with E-state index in [1.54, 1.807) is 60.3 Å². The Bertz CT molecular complexity index is 965. The van der Waals surface area contributed by atoms with Crippen LogP contribution < -0.4 is 5.73 Å². The highest BCUT2D eigenvalue weighted by atomic mass is 19.1. The zero-order valence-electron chi connectivity index (χ0n) is 13.0. The van der Waals surface area contributed by atoms with Crippen molar-refractivity contribution >= 4 is 5.91 Å². The van der Waals surface area contributed by atoms with E-state index in [-0.39, 0.29) is 11.5 Å². The molecule has 0 bridgehead atoms. The van der Waals surface area contributed by atoms with Crippen LogP contribution in [0.3, 0.4) is 0 Å². The fourth-order valence-electron chi connectivity index (χ4n) is 2.81. The Kier molecular flexibility index (Phi) is 3.88. The summed E-state index contributed by atoms with van der Waals surface area (Å²) < 4.78 is 15.4. The van der Waals surface area contributed by atoms with E-state index in [2.05, 4.69) is 6.07 Å². The molecule has 0 saturated heterocycles. The molecular formula is C19H14FN3O. The van der Waals surface area contributed by atoms with Gasteiger partial charge in [-0.1, -0.05) is 42.5 Å². The molecule has 2 N–H and O–H groups in total. The van der Waals surface area contributed by atoms with Crippen molar-refractivity contribution in [3.8, 4) is 28.3 Å². The molecule has 0 saturated carbocycles. The molecule has 0 aliphatic heterocycles. The van der Waals surface area contributed by atoms with Crippen LogP contribution in [0.25, 0.3) is 22.3 Å². The Labute approximate surface area is 138 Å². The number of hydrogen-bond acceptors (Lipinski definition) is 2. The van der Waals surface area contributed by atoms with Crippen LogP contribution in [0.1, 0.15) is 16.1 Å². The zero-order valence-corrected chi connectivity index (χ0v) is 13.0. The third-order valence-electron chi connectivity index (χ3n) is 3.89. The van der Waals surface area contributed by atoms with Crippen molar-refractivity contribution in [2.75, 3.05) is 0 Å². The van der Waals surface area contributed by atoms with Crippen LogP contribution in [0.15, 0.2) is 54.7 Å². The van der Waals surface area contributed by atoms with Gasteiger partial charge in [-0.2, -0.15) is 5.26 Å². The van der Waals surface area contributed by atoms with E-state index in [0.717, 1.165) is 0 Å². The first kappa shape index (κ1) is 15.5. The summed E-state index contributed by atoms with van der Waals surface area (Å²) in [5, 5.41) is 9.30. The highest BCUT2D eigenvalue weighted by Crippen LogP contribution is 2.31. The Hall–Kier alpha value is -3.39. The topological polar surface area (TPSA) is 71.8 Å². The molecule has 5 heteroatoms. The van der Waals surface area contributed by atoms with Gasteiger partial charge in [-0.15, -0.1) is 0 Å². The Morgan fingerprint density at radius 2 is 1.75 bits per heavy atom. The molecule has 4 nitrogen and oxygen atoms in total. The molecule has 3 aromatic rings. The number of aryl methyl sites for hydroxylation is 1. The maximum Gasteiger partial charge on any atom is 0.266 e. The van der Waals surface area contributed by atoms with Gasteiger partial charge in [0, 0.05) is 24.4 Å². The molecule has 0 atom stereocenters. The van der Waals surface area contributed by atoms with Gasteiger partial charge in [0.25, 0.3) is 5.91 Å². The van der Waals surface area contributed by atoms with E-state index in [1.807, 2.05) is 0 Å². The smallest absolute Gasteiger partial charge is 0.266 e. The van der Waals surface area contributed by atoms with E-state index in [4.69, 9.17) is 5.73 Å². The average molecular weight is 319 g/mol. The molecule has 24 heavy (non-hydrogen) atoms. The number of amides is 1. The number of carbonyl (C=O) groups is 1. The number of benzene rings is 2. The lowest BCUT2D eigenvalue weighted by Gasteiger charge is -2.07. The average Bonchev–Trinajstić information content (AvgIpc) is 2.92. The second kappa shape index (κ2) is 6.01. The van der Waals surface area contributed by atoms with Crippen LogP contribution in [0.5, 0.6) is 0 Å². The lowest BCUT2D eigenvalue weighted by Crippen LogP contribution is -2.16. The monoisotopic (exact) mass is 319 g/mol. The van der Waals surface area contributed by atoms with Gasteiger partial charge < -0.3 is 10.3 Å². The first-order valence-corrected chi connectivity index (χ1v) is 7.27. The summed E-state index contributed by atoms with van der Waals surface area (Å²) in [5.41, 5.74) is 8.46. The maximum absolute atomic E-state index is 13.9. The molecule has 0 aliphatic rings. The van der Waals surface area contributed by atoms with Gasteiger partial charge in [0.05, 0.1) is 5.56 Å². The molecule has 0 unspecified atom stereocenters. The number of nitrogens with zero attached hydrogens (tertiary/aromatic N) is 2. The molecule has 0 fully saturated rings. The number of hydrogen-bond donors (Lipinski definition) is 1. The van der Waals surface area contributed by atoms with Crippen molar-refractivity contribution in [3.63, 3.8) is 0 Å². The van der Waals surface area contributed by atoms with Gasteiger partial charge >= 0.3 is 0 Å². The summed E-state index contributed by atoms with van der Waals surface area (Å²) in [7, 11) is 1.66. The van der Waals surface area contributed by atoms with Gasteiger partial charge in [0.1, 0.15) is 17.6 Å². The van der Waals surface area contributed by atoms with E-state index >= 15 is 0 Å². The van der Waals surface area contributed by atoms with Crippen LogP contribution in [-0.4, -0.2) is 10.5 Å². The molecule has 1 heterocycles. The third kappa shape index (κ3) is 2.55. The van der Waals surface area contributed by atoms with E-state index in [1.165, 1.54) is 6.07 Å². The van der Waals surface area contributed by atoms with E-state index in [9.17, 15) is 14.4 Å². The summed E-state index contributed by atoms with van der Waals surface area (Å²) >= 11 is 0. The summed E-state index contributed by atoms with van der Waals surface area (Å²) in [4.78, 5) is 11.7. The molecular weight excluding hydrogens is 305 g/mol. The lowest BCUT2D eigenvalue weighted by molar-refractivity contribution is 0.0993. The number of carbonyl (C=O) groups excluding carboxylic acids is 1. The van der Waals surface area contributed by atoms with Gasteiger partial charge in [-0.05, 0) is 17.2 Å². The summed E-state index contributed by atoms with van der Waals surface area (Å²) in [6.07, 6.45) is 1.57. The molecule has 0 spiro atoms. The largest absolute Gasteiger partial charge is 0.364 e. The van der Waals surface area contributed by atoms with Crippen molar-refractivity contribution in [2.45, 2.75) is 0 Å². The first-order valence-electron chi connectivity index (χ1n) is 7.27. The van der Waals surface area contributed by atoms with Crippen LogP contribution in [0, 0.1) is 17.1 Å². The van der Waals surface area contributed by atoms with Crippen molar-refractivity contribution in [1.82, 2.24) is 4.57 Å². The summed E-state index contributed by atoms with van der Waals surface area (Å²) in [6.45, 7) is 0.